The fraction of sp³-hybridized carbons (Fsp3) is 0.200. The Morgan fingerprint density at radius 3 is 1.97 bits per heavy atom. The van der Waals surface area contributed by atoms with Crippen molar-refractivity contribution in [2.45, 2.75) is 24.7 Å². The first-order valence-corrected chi connectivity index (χ1v) is 10.9. The SMILES string of the molecule is CN1C(=O)[C@@H](Cc2ccc(C(N)=O)cc2)O[C@H](c2ccc(Cl)cc2)[C@@H]1c1ccc(Cl)cc1. The molecule has 1 fully saturated rings. The van der Waals surface area contributed by atoms with Gasteiger partial charge in [-0.2, -0.15) is 0 Å². The zero-order valence-electron chi connectivity index (χ0n) is 17.4. The second-order valence-corrected chi connectivity index (χ2v) is 8.68. The predicted molar refractivity (Wildman–Crippen MR) is 125 cm³/mol. The number of carbonyl (C=O) groups is 2. The van der Waals surface area contributed by atoms with Crippen molar-refractivity contribution in [3.8, 4) is 0 Å². The Labute approximate surface area is 196 Å². The summed E-state index contributed by atoms with van der Waals surface area (Å²) < 4.78 is 6.42. The maximum Gasteiger partial charge on any atom is 0.252 e. The Balaban J connectivity index is 1.66. The number of amides is 2. The van der Waals surface area contributed by atoms with Crippen LogP contribution in [-0.4, -0.2) is 29.9 Å². The number of benzene rings is 3. The van der Waals surface area contributed by atoms with Crippen LogP contribution < -0.4 is 5.73 Å². The molecule has 1 heterocycles. The number of carbonyl (C=O) groups excluding carboxylic acids is 2. The minimum atomic E-state index is -0.677. The lowest BCUT2D eigenvalue weighted by Gasteiger charge is -2.43. The third-order valence-electron chi connectivity index (χ3n) is 5.71. The molecule has 4 rings (SSSR count). The summed E-state index contributed by atoms with van der Waals surface area (Å²) in [7, 11) is 1.79. The number of morpholine rings is 1. The quantitative estimate of drug-likeness (QED) is 0.573. The van der Waals surface area contributed by atoms with Crippen molar-refractivity contribution in [1.29, 1.82) is 0 Å². The molecule has 3 atom stereocenters. The summed E-state index contributed by atoms with van der Waals surface area (Å²) in [5.74, 6) is -0.607. The minimum absolute atomic E-state index is 0.117. The molecule has 0 saturated carbocycles. The molecule has 1 saturated heterocycles. The largest absolute Gasteiger partial charge is 0.366 e. The minimum Gasteiger partial charge on any atom is -0.366 e. The van der Waals surface area contributed by atoms with Gasteiger partial charge in [0.1, 0.15) is 12.2 Å². The highest BCUT2D eigenvalue weighted by Gasteiger charge is 2.42. The van der Waals surface area contributed by atoms with Gasteiger partial charge in [-0.15, -0.1) is 0 Å². The highest BCUT2D eigenvalue weighted by Crippen LogP contribution is 2.42. The van der Waals surface area contributed by atoms with Crippen molar-refractivity contribution < 1.29 is 14.3 Å². The first-order valence-electron chi connectivity index (χ1n) is 10.2. The topological polar surface area (TPSA) is 72.6 Å². The number of likely N-dealkylation sites (N-methyl/N-ethyl adjacent to an activating group) is 1. The summed E-state index contributed by atoms with van der Waals surface area (Å²) in [5.41, 5.74) is 8.46. The van der Waals surface area contributed by atoms with Gasteiger partial charge < -0.3 is 15.4 Å². The lowest BCUT2D eigenvalue weighted by molar-refractivity contribution is -0.171. The molecule has 5 nitrogen and oxygen atoms in total. The maximum absolute atomic E-state index is 13.3. The molecule has 2 amide bonds. The highest BCUT2D eigenvalue weighted by molar-refractivity contribution is 6.30. The summed E-state index contributed by atoms with van der Waals surface area (Å²) in [4.78, 5) is 26.3. The average Bonchev–Trinajstić information content (AvgIpc) is 2.78. The van der Waals surface area contributed by atoms with E-state index in [1.165, 1.54) is 0 Å². The van der Waals surface area contributed by atoms with E-state index in [1.807, 2.05) is 36.4 Å². The lowest BCUT2D eigenvalue weighted by atomic mass is 9.91. The molecule has 0 spiro atoms. The first kappa shape index (κ1) is 22.3. The molecule has 0 radical (unpaired) electrons. The molecule has 7 heteroatoms. The van der Waals surface area contributed by atoms with Crippen molar-refractivity contribution in [3.05, 3.63) is 105 Å². The molecule has 1 aliphatic rings. The molecule has 2 N–H and O–H groups in total. The van der Waals surface area contributed by atoms with E-state index in [0.29, 0.717) is 22.0 Å². The number of hydrogen-bond acceptors (Lipinski definition) is 3. The molecule has 3 aromatic carbocycles. The van der Waals surface area contributed by atoms with Crippen LogP contribution in [-0.2, 0) is 16.0 Å². The number of hydrogen-bond donors (Lipinski definition) is 1. The predicted octanol–water partition coefficient (Wildman–Crippen LogP) is 4.97. The molecule has 3 aromatic rings. The summed E-state index contributed by atoms with van der Waals surface area (Å²) in [6.07, 6.45) is -0.700. The molecular weight excluding hydrogens is 447 g/mol. The molecule has 0 unspecified atom stereocenters. The summed E-state index contributed by atoms with van der Waals surface area (Å²) in [6.45, 7) is 0. The molecule has 164 valence electrons. The van der Waals surface area contributed by atoms with Gasteiger partial charge in [0.05, 0.1) is 6.04 Å². The molecule has 1 aliphatic heterocycles. The Bertz CT molecular complexity index is 1120. The standard InChI is InChI=1S/C25H22Cl2N2O3/c1-29-22(16-6-10-19(26)11-7-16)23(17-8-12-20(27)13-9-17)32-21(25(29)31)14-15-2-4-18(5-3-15)24(28)30/h2-13,21-23H,14H2,1H3,(H2,28,30)/t21-,22+,23-/m1/s1. The van der Waals surface area contributed by atoms with Crippen molar-refractivity contribution in [1.82, 2.24) is 4.90 Å². The van der Waals surface area contributed by atoms with Crippen LogP contribution in [0.5, 0.6) is 0 Å². The van der Waals surface area contributed by atoms with Crippen molar-refractivity contribution in [3.63, 3.8) is 0 Å². The summed E-state index contributed by atoms with van der Waals surface area (Å²) >= 11 is 12.2. The Morgan fingerprint density at radius 2 is 1.44 bits per heavy atom. The van der Waals surface area contributed by atoms with E-state index >= 15 is 0 Å². The number of nitrogens with zero attached hydrogens (tertiary/aromatic N) is 1. The van der Waals surface area contributed by atoms with Crippen LogP contribution in [0, 0.1) is 0 Å². The van der Waals surface area contributed by atoms with Crippen LogP contribution in [0.2, 0.25) is 10.0 Å². The van der Waals surface area contributed by atoms with Gasteiger partial charge >= 0.3 is 0 Å². The normalized spacial score (nSPS) is 20.9. The summed E-state index contributed by atoms with van der Waals surface area (Å²) in [5, 5.41) is 1.25. The first-order chi connectivity index (χ1) is 15.3. The maximum atomic E-state index is 13.3. The zero-order valence-corrected chi connectivity index (χ0v) is 18.9. The molecule has 0 aliphatic carbocycles. The van der Waals surface area contributed by atoms with Gasteiger partial charge in [0.2, 0.25) is 5.91 Å². The number of halogens is 2. The monoisotopic (exact) mass is 468 g/mol. The van der Waals surface area contributed by atoms with E-state index in [4.69, 9.17) is 33.7 Å². The van der Waals surface area contributed by atoms with Crippen LogP contribution in [0.4, 0.5) is 0 Å². The van der Waals surface area contributed by atoms with Gasteiger partial charge in [-0.05, 0) is 53.1 Å². The van der Waals surface area contributed by atoms with Crippen LogP contribution in [0.15, 0.2) is 72.8 Å². The van der Waals surface area contributed by atoms with Crippen LogP contribution in [0.25, 0.3) is 0 Å². The molecular formula is C25H22Cl2N2O3. The Morgan fingerprint density at radius 1 is 0.906 bits per heavy atom. The Kier molecular flexibility index (Phi) is 6.51. The third kappa shape index (κ3) is 4.65. The van der Waals surface area contributed by atoms with E-state index in [9.17, 15) is 9.59 Å². The smallest absolute Gasteiger partial charge is 0.252 e. The van der Waals surface area contributed by atoms with E-state index in [1.54, 1.807) is 48.3 Å². The number of rotatable bonds is 5. The van der Waals surface area contributed by atoms with Gasteiger partial charge in [0.25, 0.3) is 5.91 Å². The van der Waals surface area contributed by atoms with Crippen LogP contribution >= 0.6 is 23.2 Å². The van der Waals surface area contributed by atoms with Crippen LogP contribution in [0.1, 0.15) is 39.2 Å². The second-order valence-electron chi connectivity index (χ2n) is 7.81. The average molecular weight is 469 g/mol. The van der Waals surface area contributed by atoms with Crippen LogP contribution in [0.3, 0.4) is 0 Å². The zero-order chi connectivity index (χ0) is 22.8. The van der Waals surface area contributed by atoms with Gasteiger partial charge in [0, 0.05) is 29.1 Å². The van der Waals surface area contributed by atoms with Gasteiger partial charge in [-0.1, -0.05) is 59.6 Å². The molecule has 32 heavy (non-hydrogen) atoms. The van der Waals surface area contributed by atoms with Gasteiger partial charge in [-0.25, -0.2) is 0 Å². The number of ether oxygens (including phenoxy) is 1. The van der Waals surface area contributed by atoms with Crippen molar-refractivity contribution >= 4 is 35.0 Å². The fourth-order valence-electron chi connectivity index (χ4n) is 4.00. The summed E-state index contributed by atoms with van der Waals surface area (Å²) in [6, 6.07) is 21.5. The second kappa shape index (κ2) is 9.33. The highest BCUT2D eigenvalue weighted by atomic mass is 35.5. The van der Waals surface area contributed by atoms with Gasteiger partial charge in [-0.3, -0.25) is 9.59 Å². The van der Waals surface area contributed by atoms with E-state index in [0.717, 1.165) is 16.7 Å². The lowest BCUT2D eigenvalue weighted by Crippen LogP contribution is -2.49. The van der Waals surface area contributed by atoms with Crippen molar-refractivity contribution in [2.24, 2.45) is 5.73 Å². The molecule has 0 bridgehead atoms. The number of primary amides is 1. The van der Waals surface area contributed by atoms with E-state index < -0.39 is 18.1 Å². The van der Waals surface area contributed by atoms with Crippen molar-refractivity contribution in [2.75, 3.05) is 7.05 Å². The molecule has 0 aromatic heterocycles. The van der Waals surface area contributed by atoms with E-state index in [-0.39, 0.29) is 11.9 Å². The number of nitrogens with two attached hydrogens (primary N) is 1. The Hall–Kier alpha value is -2.86. The van der Waals surface area contributed by atoms with E-state index in [2.05, 4.69) is 0 Å². The fourth-order valence-corrected chi connectivity index (χ4v) is 4.26. The van der Waals surface area contributed by atoms with Gasteiger partial charge in [0.15, 0.2) is 0 Å². The third-order valence-corrected chi connectivity index (χ3v) is 6.21.